The Morgan fingerprint density at radius 2 is 1.60 bits per heavy atom. The predicted octanol–water partition coefficient (Wildman–Crippen LogP) is 2.53. The molecule has 0 N–H and O–H groups in total. The SMILES string of the molecule is CCCCCCCC([O])[O]. The smallest absolute Gasteiger partial charge is 0.199 e. The number of hydrogen-bond donors (Lipinski definition) is 0. The summed E-state index contributed by atoms with van der Waals surface area (Å²) in [6.45, 7) is 2.14. The highest BCUT2D eigenvalue weighted by molar-refractivity contribution is 4.43. The largest absolute Gasteiger partial charge is 0.224 e. The summed E-state index contributed by atoms with van der Waals surface area (Å²) < 4.78 is 0. The molecule has 0 amide bonds. The molecular formula is C8H16O2. The van der Waals surface area contributed by atoms with Gasteiger partial charge in [-0.2, -0.15) is 10.2 Å². The second kappa shape index (κ2) is 7.03. The van der Waals surface area contributed by atoms with Crippen molar-refractivity contribution in [1.29, 1.82) is 0 Å². The van der Waals surface area contributed by atoms with Gasteiger partial charge in [0.2, 0.25) is 6.29 Å². The Balaban J connectivity index is 2.77. The number of hydrogen-bond acceptors (Lipinski definition) is 0. The van der Waals surface area contributed by atoms with Gasteiger partial charge < -0.3 is 0 Å². The van der Waals surface area contributed by atoms with Gasteiger partial charge >= 0.3 is 0 Å². The molecule has 0 unspecified atom stereocenters. The Bertz CT molecular complexity index is 62.3. The molecule has 0 atom stereocenters. The summed E-state index contributed by atoms with van der Waals surface area (Å²) in [5.74, 6) is 0. The van der Waals surface area contributed by atoms with Gasteiger partial charge in [-0.1, -0.05) is 32.6 Å². The fourth-order valence-corrected chi connectivity index (χ4v) is 0.915. The van der Waals surface area contributed by atoms with Crippen molar-refractivity contribution in [2.75, 3.05) is 0 Å². The van der Waals surface area contributed by atoms with Crippen LogP contribution in [0.5, 0.6) is 0 Å². The molecule has 2 radical (unpaired) electrons. The zero-order chi connectivity index (χ0) is 7.82. The highest BCUT2D eigenvalue weighted by atomic mass is 16.5. The Labute approximate surface area is 62.9 Å². The van der Waals surface area contributed by atoms with Gasteiger partial charge in [-0.05, 0) is 6.42 Å². The van der Waals surface area contributed by atoms with Gasteiger partial charge in [0.05, 0.1) is 0 Å². The molecule has 0 aliphatic rings. The predicted molar refractivity (Wildman–Crippen MR) is 38.5 cm³/mol. The van der Waals surface area contributed by atoms with Crippen LogP contribution in [0.15, 0.2) is 0 Å². The molecule has 60 valence electrons. The molecule has 0 aliphatic carbocycles. The molecule has 2 heteroatoms. The van der Waals surface area contributed by atoms with Crippen LogP contribution in [-0.4, -0.2) is 6.29 Å². The van der Waals surface area contributed by atoms with E-state index in [0.717, 1.165) is 12.8 Å². The maximum absolute atomic E-state index is 10.0. The van der Waals surface area contributed by atoms with E-state index >= 15 is 0 Å². The Hall–Kier alpha value is -0.0800. The maximum Gasteiger partial charge on any atom is 0.224 e. The molecule has 0 heterocycles. The molecule has 0 aliphatic heterocycles. The molecular weight excluding hydrogens is 128 g/mol. The average molecular weight is 144 g/mol. The first-order valence-electron chi connectivity index (χ1n) is 4.09. The standard InChI is InChI=1S/C8H16O2/c1-2-3-4-5-6-7-8(9)10/h8H,2-7H2,1H3. The minimum atomic E-state index is -1.60. The molecule has 0 saturated heterocycles. The number of rotatable bonds is 6. The monoisotopic (exact) mass is 144 g/mol. The van der Waals surface area contributed by atoms with E-state index in [2.05, 4.69) is 6.92 Å². The molecule has 0 aromatic heterocycles. The molecule has 10 heavy (non-hydrogen) atoms. The molecule has 0 bridgehead atoms. The summed E-state index contributed by atoms with van der Waals surface area (Å²) in [4.78, 5) is 0. The van der Waals surface area contributed by atoms with E-state index in [1.54, 1.807) is 0 Å². The Kier molecular flexibility index (Phi) is 6.98. The van der Waals surface area contributed by atoms with Crippen molar-refractivity contribution >= 4 is 0 Å². The normalized spacial score (nSPS) is 10.8. The topological polar surface area (TPSA) is 39.8 Å². The minimum Gasteiger partial charge on any atom is -0.199 e. The van der Waals surface area contributed by atoms with Crippen molar-refractivity contribution < 1.29 is 10.2 Å². The van der Waals surface area contributed by atoms with Gasteiger partial charge in [0.1, 0.15) is 0 Å². The van der Waals surface area contributed by atoms with E-state index in [9.17, 15) is 10.2 Å². The van der Waals surface area contributed by atoms with E-state index in [1.807, 2.05) is 0 Å². The summed E-state index contributed by atoms with van der Waals surface area (Å²) in [6, 6.07) is 0. The first kappa shape index (κ1) is 9.92. The average Bonchev–Trinajstić information content (AvgIpc) is 1.87. The third-order valence-electron chi connectivity index (χ3n) is 1.54. The lowest BCUT2D eigenvalue weighted by atomic mass is 10.1. The van der Waals surface area contributed by atoms with Gasteiger partial charge in [0, 0.05) is 6.42 Å². The minimum absolute atomic E-state index is 0.309. The fourth-order valence-electron chi connectivity index (χ4n) is 0.915. The molecule has 0 spiro atoms. The third kappa shape index (κ3) is 7.92. The van der Waals surface area contributed by atoms with Gasteiger partial charge in [-0.25, -0.2) is 0 Å². The van der Waals surface area contributed by atoms with Crippen molar-refractivity contribution in [2.45, 2.75) is 51.7 Å². The van der Waals surface area contributed by atoms with Gasteiger partial charge in [0.15, 0.2) is 0 Å². The van der Waals surface area contributed by atoms with Gasteiger partial charge in [0.25, 0.3) is 0 Å². The second-order valence-corrected chi connectivity index (χ2v) is 2.63. The molecule has 0 aromatic carbocycles. The van der Waals surface area contributed by atoms with Crippen LogP contribution in [-0.2, 0) is 10.2 Å². The second-order valence-electron chi connectivity index (χ2n) is 2.63. The number of unbranched alkanes of at least 4 members (excludes halogenated alkanes) is 4. The van der Waals surface area contributed by atoms with Crippen LogP contribution in [0.1, 0.15) is 45.4 Å². The van der Waals surface area contributed by atoms with E-state index < -0.39 is 6.29 Å². The van der Waals surface area contributed by atoms with Crippen molar-refractivity contribution in [3.8, 4) is 0 Å². The van der Waals surface area contributed by atoms with E-state index in [0.29, 0.717) is 6.42 Å². The summed E-state index contributed by atoms with van der Waals surface area (Å²) >= 11 is 0. The lowest BCUT2D eigenvalue weighted by molar-refractivity contribution is -0.140. The first-order valence-corrected chi connectivity index (χ1v) is 4.09. The van der Waals surface area contributed by atoms with Crippen molar-refractivity contribution in [3.63, 3.8) is 0 Å². The van der Waals surface area contributed by atoms with Gasteiger partial charge in [-0.15, -0.1) is 0 Å². The van der Waals surface area contributed by atoms with E-state index in [1.165, 1.54) is 19.3 Å². The van der Waals surface area contributed by atoms with Crippen LogP contribution in [0.3, 0.4) is 0 Å². The zero-order valence-electron chi connectivity index (χ0n) is 6.64. The molecule has 0 aromatic rings. The highest BCUT2D eigenvalue weighted by Crippen LogP contribution is 2.06. The first-order chi connectivity index (χ1) is 4.77. The molecule has 0 fully saturated rings. The lowest BCUT2D eigenvalue weighted by Crippen LogP contribution is -1.98. The van der Waals surface area contributed by atoms with Gasteiger partial charge in [-0.3, -0.25) is 0 Å². The summed E-state index contributed by atoms with van der Waals surface area (Å²) in [5, 5.41) is 20.0. The maximum atomic E-state index is 10.0. The quantitative estimate of drug-likeness (QED) is 0.406. The van der Waals surface area contributed by atoms with Crippen LogP contribution in [0.4, 0.5) is 0 Å². The summed E-state index contributed by atoms with van der Waals surface area (Å²) in [5.41, 5.74) is 0. The van der Waals surface area contributed by atoms with E-state index in [4.69, 9.17) is 0 Å². The molecule has 0 saturated carbocycles. The van der Waals surface area contributed by atoms with Crippen LogP contribution in [0.25, 0.3) is 0 Å². The molecule has 2 nitrogen and oxygen atoms in total. The van der Waals surface area contributed by atoms with Crippen LogP contribution in [0, 0.1) is 0 Å². The Morgan fingerprint density at radius 1 is 1.00 bits per heavy atom. The third-order valence-corrected chi connectivity index (χ3v) is 1.54. The van der Waals surface area contributed by atoms with Crippen LogP contribution >= 0.6 is 0 Å². The van der Waals surface area contributed by atoms with Crippen molar-refractivity contribution in [1.82, 2.24) is 0 Å². The molecule has 0 rings (SSSR count). The zero-order valence-corrected chi connectivity index (χ0v) is 6.64. The van der Waals surface area contributed by atoms with Crippen molar-refractivity contribution in [2.24, 2.45) is 0 Å². The van der Waals surface area contributed by atoms with Crippen LogP contribution in [0.2, 0.25) is 0 Å². The van der Waals surface area contributed by atoms with Crippen molar-refractivity contribution in [3.05, 3.63) is 0 Å². The van der Waals surface area contributed by atoms with E-state index in [-0.39, 0.29) is 0 Å². The highest BCUT2D eigenvalue weighted by Gasteiger charge is 1.99. The summed E-state index contributed by atoms with van der Waals surface area (Å²) in [7, 11) is 0. The Morgan fingerprint density at radius 3 is 2.10 bits per heavy atom. The fraction of sp³-hybridized carbons (Fsp3) is 1.00. The lowest BCUT2D eigenvalue weighted by Gasteiger charge is -1.98. The van der Waals surface area contributed by atoms with Crippen LogP contribution < -0.4 is 0 Å². The summed E-state index contributed by atoms with van der Waals surface area (Å²) in [6.07, 6.45) is 4.18.